The Hall–Kier alpha value is -2.78. The summed E-state index contributed by atoms with van der Waals surface area (Å²) in [4.78, 5) is 25.3. The van der Waals surface area contributed by atoms with Crippen molar-refractivity contribution < 1.29 is 52.6 Å². The lowest BCUT2D eigenvalue weighted by atomic mass is 10.0. The van der Waals surface area contributed by atoms with Gasteiger partial charge < -0.3 is 53.6 Å². The molecule has 3 N–H and O–H groups in total. The van der Waals surface area contributed by atoms with Crippen LogP contribution in [0.5, 0.6) is 0 Å². The zero-order valence-electron chi connectivity index (χ0n) is 28.4. The van der Waals surface area contributed by atoms with Gasteiger partial charge in [0.25, 0.3) is 0 Å². The summed E-state index contributed by atoms with van der Waals surface area (Å²) in [5.41, 5.74) is 0. The Morgan fingerprint density at radius 3 is 1.96 bits per heavy atom. The number of ether oxygens (including phenoxy) is 8. The third kappa shape index (κ3) is 14.5. The fourth-order valence-electron chi connectivity index (χ4n) is 4.99. The topological polar surface area (TPSA) is 152 Å². The minimum absolute atomic E-state index is 0.0201. The fraction of sp³-hybridized carbons (Fsp3) is 0.706. The van der Waals surface area contributed by atoms with Crippen molar-refractivity contribution in [2.75, 3.05) is 52.9 Å². The van der Waals surface area contributed by atoms with Gasteiger partial charge in [-0.2, -0.15) is 0 Å². The van der Waals surface area contributed by atoms with E-state index >= 15 is 0 Å². The minimum atomic E-state index is -1.05. The average Bonchev–Trinajstić information content (AvgIpc) is 3.27. The predicted octanol–water partition coefficient (Wildman–Crippen LogP) is 3.77. The van der Waals surface area contributed by atoms with Gasteiger partial charge in [-0.05, 0) is 47.5 Å². The molecule has 266 valence electrons. The van der Waals surface area contributed by atoms with Gasteiger partial charge in [0, 0.05) is 11.8 Å². The van der Waals surface area contributed by atoms with Crippen LogP contribution in [0, 0.1) is 11.8 Å². The number of rotatable bonds is 15. The highest BCUT2D eigenvalue weighted by Crippen LogP contribution is 2.21. The Morgan fingerprint density at radius 1 is 0.894 bits per heavy atom. The highest BCUT2D eigenvalue weighted by molar-refractivity contribution is 5.68. The largest absolute Gasteiger partial charge is 0.449 e. The van der Waals surface area contributed by atoms with Gasteiger partial charge >= 0.3 is 12.2 Å². The molecule has 7 unspecified atom stereocenters. The predicted molar refractivity (Wildman–Crippen MR) is 174 cm³/mol. The van der Waals surface area contributed by atoms with E-state index in [-0.39, 0.29) is 64.7 Å². The molecule has 47 heavy (non-hydrogen) atoms. The van der Waals surface area contributed by atoms with Crippen LogP contribution < -0.4 is 10.6 Å². The zero-order chi connectivity index (χ0) is 34.3. The number of carbonyl (C=O) groups is 2. The summed E-state index contributed by atoms with van der Waals surface area (Å²) < 4.78 is 46.3. The Bertz CT molecular complexity index is 1080. The molecule has 0 bridgehead atoms. The van der Waals surface area contributed by atoms with E-state index < -0.39 is 54.2 Å². The summed E-state index contributed by atoms with van der Waals surface area (Å²) in [6, 6.07) is -1.20. The first-order valence-electron chi connectivity index (χ1n) is 16.3. The molecule has 2 fully saturated rings. The first-order chi connectivity index (χ1) is 22.4. The number of amides is 2. The van der Waals surface area contributed by atoms with E-state index in [2.05, 4.69) is 17.2 Å². The molecule has 7 atom stereocenters. The van der Waals surface area contributed by atoms with Crippen molar-refractivity contribution in [3.8, 4) is 0 Å². The minimum Gasteiger partial charge on any atom is -0.449 e. The van der Waals surface area contributed by atoms with Crippen molar-refractivity contribution in [3.63, 3.8) is 0 Å². The zero-order valence-corrected chi connectivity index (χ0v) is 28.4. The molecule has 0 radical (unpaired) electrons. The number of nitrogens with one attached hydrogen (secondary N) is 2. The lowest BCUT2D eigenvalue weighted by Crippen LogP contribution is -2.50. The number of aliphatic hydroxyl groups is 1. The van der Waals surface area contributed by atoms with E-state index in [0.29, 0.717) is 6.42 Å². The molecule has 2 saturated heterocycles. The van der Waals surface area contributed by atoms with Gasteiger partial charge in [-0.1, -0.05) is 42.5 Å². The van der Waals surface area contributed by atoms with Crippen LogP contribution in [-0.2, 0) is 37.9 Å². The highest BCUT2D eigenvalue weighted by Gasteiger charge is 2.36. The Labute approximate surface area is 278 Å². The maximum atomic E-state index is 12.7. The molecule has 0 aromatic rings. The second kappa shape index (κ2) is 19.3. The van der Waals surface area contributed by atoms with Crippen molar-refractivity contribution in [1.82, 2.24) is 10.6 Å². The molecule has 2 heterocycles. The van der Waals surface area contributed by atoms with E-state index in [1.807, 2.05) is 43.4 Å². The van der Waals surface area contributed by atoms with Crippen LogP contribution in [0.3, 0.4) is 0 Å². The quantitative estimate of drug-likeness (QED) is 0.219. The van der Waals surface area contributed by atoms with Crippen molar-refractivity contribution >= 4 is 12.2 Å². The summed E-state index contributed by atoms with van der Waals surface area (Å²) >= 11 is 0. The van der Waals surface area contributed by atoms with E-state index in [9.17, 15) is 14.7 Å². The van der Waals surface area contributed by atoms with Crippen LogP contribution in [0.15, 0.2) is 49.1 Å². The van der Waals surface area contributed by atoms with Crippen LogP contribution in [-0.4, -0.2) is 112 Å². The van der Waals surface area contributed by atoms with Gasteiger partial charge in [0.1, 0.15) is 18.3 Å². The summed E-state index contributed by atoms with van der Waals surface area (Å²) in [5, 5.41) is 16.5. The van der Waals surface area contributed by atoms with Gasteiger partial charge in [-0.25, -0.2) is 9.59 Å². The number of allylic oxidation sites excluding steroid dienone is 5. The lowest BCUT2D eigenvalue weighted by Gasteiger charge is -2.28. The molecular formula is C34H54N2O11. The lowest BCUT2D eigenvalue weighted by molar-refractivity contribution is -0.206. The molecule has 13 heteroatoms. The van der Waals surface area contributed by atoms with Crippen LogP contribution in [0.25, 0.3) is 0 Å². The first-order valence-corrected chi connectivity index (χ1v) is 16.3. The Kier molecular flexibility index (Phi) is 15.9. The van der Waals surface area contributed by atoms with E-state index in [0.717, 1.165) is 6.42 Å². The third-order valence-corrected chi connectivity index (χ3v) is 7.78. The standard InChI is InChI=1S/C34H54N2O11/c1-7-12-24(13-8-2)16-42-31(38)35-27-20-44-33(3,4)46-22-29(27)40-18-26(37)19-41-30-23-47-34(5,6)45-21-28(30)36-32(39)43-17-25-14-10-9-11-15-25/h7-11,13-14,24-30,37H,1,12,15-23H2,2-6H3,(H,35,38)(H,36,39)/b13-8-. The molecular weight excluding hydrogens is 612 g/mol. The SMILES string of the molecule is C=CCC(/C=C\C)COC(=O)NC1COC(C)(C)OCC1OCC(O)COC1COC(C)(C)OCC1NC(=O)OCC1C=CC=CC1. The fourth-order valence-corrected chi connectivity index (χ4v) is 4.99. The van der Waals surface area contributed by atoms with Crippen molar-refractivity contribution in [2.45, 2.75) is 89.4 Å². The second-order valence-corrected chi connectivity index (χ2v) is 12.8. The molecule has 1 aliphatic carbocycles. The van der Waals surface area contributed by atoms with Gasteiger partial charge in [0.2, 0.25) is 0 Å². The summed E-state index contributed by atoms with van der Waals surface area (Å²) in [7, 11) is 0. The van der Waals surface area contributed by atoms with E-state index in [1.165, 1.54) is 0 Å². The molecule has 0 saturated carbocycles. The number of aliphatic hydroxyl groups excluding tert-OH is 1. The van der Waals surface area contributed by atoms with Crippen molar-refractivity contribution in [2.24, 2.45) is 11.8 Å². The van der Waals surface area contributed by atoms with Gasteiger partial charge in [0.15, 0.2) is 11.6 Å². The monoisotopic (exact) mass is 666 g/mol. The Balaban J connectivity index is 1.52. The number of hydrogen-bond donors (Lipinski definition) is 3. The number of carbonyl (C=O) groups excluding carboxylic acids is 2. The maximum absolute atomic E-state index is 12.7. The van der Waals surface area contributed by atoms with E-state index in [1.54, 1.807) is 33.8 Å². The summed E-state index contributed by atoms with van der Waals surface area (Å²) in [5.74, 6) is -1.64. The molecule has 0 aromatic heterocycles. The smallest absolute Gasteiger partial charge is 0.407 e. The van der Waals surface area contributed by atoms with Gasteiger partial charge in [-0.3, -0.25) is 0 Å². The Morgan fingerprint density at radius 2 is 1.45 bits per heavy atom. The highest BCUT2D eigenvalue weighted by atomic mass is 16.7. The average molecular weight is 667 g/mol. The number of alkyl carbamates (subject to hydrolysis) is 2. The molecule has 2 amide bonds. The molecule has 3 rings (SSSR count). The summed E-state index contributed by atoms with van der Waals surface area (Å²) in [6.07, 6.45) is 11.5. The van der Waals surface area contributed by atoms with Crippen molar-refractivity contribution in [1.29, 1.82) is 0 Å². The molecule has 0 spiro atoms. The second-order valence-electron chi connectivity index (χ2n) is 12.8. The van der Waals surface area contributed by atoms with Crippen LogP contribution in [0.2, 0.25) is 0 Å². The van der Waals surface area contributed by atoms with Crippen molar-refractivity contribution in [3.05, 3.63) is 49.1 Å². The first kappa shape index (κ1) is 38.7. The summed E-state index contributed by atoms with van der Waals surface area (Å²) in [6.45, 7) is 13.4. The maximum Gasteiger partial charge on any atom is 0.407 e. The molecule has 2 aliphatic heterocycles. The van der Waals surface area contributed by atoms with E-state index in [4.69, 9.17) is 37.9 Å². The van der Waals surface area contributed by atoms with Gasteiger partial charge in [0.05, 0.1) is 64.9 Å². The van der Waals surface area contributed by atoms with Gasteiger partial charge in [-0.15, -0.1) is 6.58 Å². The molecule has 3 aliphatic rings. The van der Waals surface area contributed by atoms with Crippen LogP contribution in [0.1, 0.15) is 47.5 Å². The number of hydrogen-bond acceptors (Lipinski definition) is 11. The molecule has 0 aromatic carbocycles. The normalized spacial score (nSPS) is 28.4. The van der Waals surface area contributed by atoms with Crippen LogP contribution >= 0.6 is 0 Å². The molecule has 13 nitrogen and oxygen atoms in total. The third-order valence-electron chi connectivity index (χ3n) is 7.78. The van der Waals surface area contributed by atoms with Crippen LogP contribution in [0.4, 0.5) is 9.59 Å².